The summed E-state index contributed by atoms with van der Waals surface area (Å²) in [6.45, 7) is 12.5. The molecule has 0 aromatic heterocycles. The number of carbonyl (C=O) groups is 1. The van der Waals surface area contributed by atoms with Gasteiger partial charge < -0.3 is 4.74 Å². The van der Waals surface area contributed by atoms with Crippen molar-refractivity contribution in [2.75, 3.05) is 0 Å². The van der Waals surface area contributed by atoms with Crippen LogP contribution < -0.4 is 5.32 Å². The Morgan fingerprint density at radius 1 is 1.44 bits per heavy atom. The van der Waals surface area contributed by atoms with Crippen molar-refractivity contribution in [1.29, 1.82) is 0 Å². The fourth-order valence-corrected chi connectivity index (χ4v) is 0.893. The molecule has 0 saturated heterocycles. The summed E-state index contributed by atoms with van der Waals surface area (Å²) < 4.78 is 5.13. The molecule has 0 radical (unpaired) electrons. The molecule has 90 valence electrons. The Bertz CT molecular complexity index is 322. The molecule has 0 fully saturated rings. The second kappa shape index (κ2) is 6.10. The smallest absolute Gasteiger partial charge is 0.412 e. The van der Waals surface area contributed by atoms with Crippen molar-refractivity contribution >= 4 is 12.8 Å². The maximum absolute atomic E-state index is 11.5. The molecule has 0 aromatic carbocycles. The number of nitrogens with one attached hydrogen (secondary N) is 1. The number of carbonyl (C=O) groups excluding carboxylic acids is 1. The van der Waals surface area contributed by atoms with Gasteiger partial charge in [-0.1, -0.05) is 6.08 Å². The van der Waals surface area contributed by atoms with E-state index in [1.165, 1.54) is 6.20 Å². The number of amides is 1. The lowest BCUT2D eigenvalue weighted by Crippen LogP contribution is -2.32. The Morgan fingerprint density at radius 3 is 2.38 bits per heavy atom. The maximum atomic E-state index is 11.5. The van der Waals surface area contributed by atoms with Gasteiger partial charge in [0.25, 0.3) is 0 Å². The molecule has 0 unspecified atom stereocenters. The van der Waals surface area contributed by atoms with Gasteiger partial charge in [0.15, 0.2) is 0 Å². The van der Waals surface area contributed by atoms with Crippen LogP contribution in [0.25, 0.3) is 0 Å². The second-order valence-electron chi connectivity index (χ2n) is 4.32. The Morgan fingerprint density at radius 2 is 2.00 bits per heavy atom. The van der Waals surface area contributed by atoms with Gasteiger partial charge >= 0.3 is 6.09 Å². The minimum atomic E-state index is -0.513. The van der Waals surface area contributed by atoms with Crippen LogP contribution in [0.5, 0.6) is 0 Å². The number of aliphatic imine (C=N–C) groups is 1. The van der Waals surface area contributed by atoms with Crippen LogP contribution in [0.4, 0.5) is 4.79 Å². The summed E-state index contributed by atoms with van der Waals surface area (Å²) in [6.07, 6.45) is 2.86. The zero-order valence-corrected chi connectivity index (χ0v) is 10.6. The average molecular weight is 224 g/mol. The summed E-state index contributed by atoms with van der Waals surface area (Å²) in [4.78, 5) is 15.1. The molecule has 4 nitrogen and oxygen atoms in total. The van der Waals surface area contributed by atoms with E-state index in [9.17, 15) is 4.79 Å². The fourth-order valence-electron chi connectivity index (χ4n) is 0.893. The van der Waals surface area contributed by atoms with Crippen LogP contribution in [0.1, 0.15) is 34.6 Å². The van der Waals surface area contributed by atoms with Gasteiger partial charge in [-0.2, -0.15) is 0 Å². The third kappa shape index (κ3) is 6.01. The Labute approximate surface area is 97.1 Å². The van der Waals surface area contributed by atoms with Gasteiger partial charge in [-0.25, -0.2) is 4.79 Å². The summed E-state index contributed by atoms with van der Waals surface area (Å²) in [5.74, 6) is 0. The average Bonchev–Trinajstić information content (AvgIpc) is 2.13. The van der Waals surface area contributed by atoms with Gasteiger partial charge in [-0.3, -0.25) is 10.3 Å². The van der Waals surface area contributed by atoms with E-state index in [0.717, 1.165) is 5.57 Å². The standard InChI is InChI=1S/C12H20N2O2/c1-7-9(2)10(8-13-6)14-11(15)16-12(3,4)5/h7-8H,6H2,1-5H3,(H,14,15)/b9-7-,10-8+. The van der Waals surface area contributed by atoms with Crippen molar-refractivity contribution in [2.45, 2.75) is 40.2 Å². The molecule has 0 aliphatic carbocycles. The molecule has 0 heterocycles. The van der Waals surface area contributed by atoms with E-state index in [1.54, 1.807) is 0 Å². The minimum Gasteiger partial charge on any atom is -0.444 e. The van der Waals surface area contributed by atoms with E-state index in [-0.39, 0.29) is 0 Å². The van der Waals surface area contributed by atoms with Gasteiger partial charge in [0, 0.05) is 0 Å². The zero-order chi connectivity index (χ0) is 12.8. The molecule has 0 rings (SSSR count). The normalized spacial score (nSPS) is 13.3. The van der Waals surface area contributed by atoms with Crippen molar-refractivity contribution in [1.82, 2.24) is 5.32 Å². The van der Waals surface area contributed by atoms with Gasteiger partial charge in [0.1, 0.15) is 5.60 Å². The Hall–Kier alpha value is -1.58. The van der Waals surface area contributed by atoms with Crippen molar-refractivity contribution in [2.24, 2.45) is 4.99 Å². The number of ether oxygens (including phenoxy) is 1. The highest BCUT2D eigenvalue weighted by Gasteiger charge is 2.17. The van der Waals surface area contributed by atoms with Crippen molar-refractivity contribution in [3.05, 3.63) is 23.5 Å². The number of nitrogens with zero attached hydrogens (tertiary/aromatic N) is 1. The van der Waals surface area contributed by atoms with Gasteiger partial charge in [0.05, 0.1) is 11.9 Å². The SMILES string of the molecule is C=N/C=C(NC(=O)OC(C)(C)C)\C(C)=C/C. The quantitative estimate of drug-likeness (QED) is 0.591. The Balaban J connectivity index is 4.61. The number of allylic oxidation sites excluding steroid dienone is 2. The van der Waals surface area contributed by atoms with E-state index >= 15 is 0 Å². The van der Waals surface area contributed by atoms with Crippen LogP contribution >= 0.6 is 0 Å². The van der Waals surface area contributed by atoms with E-state index in [2.05, 4.69) is 17.0 Å². The molecule has 1 N–H and O–H groups in total. The van der Waals surface area contributed by atoms with Crippen molar-refractivity contribution in [3.8, 4) is 0 Å². The predicted molar refractivity (Wildman–Crippen MR) is 66.4 cm³/mol. The lowest BCUT2D eigenvalue weighted by molar-refractivity contribution is 0.0547. The van der Waals surface area contributed by atoms with E-state index in [0.29, 0.717) is 5.70 Å². The summed E-state index contributed by atoms with van der Waals surface area (Å²) in [7, 11) is 0. The molecule has 0 aliphatic rings. The monoisotopic (exact) mass is 224 g/mol. The minimum absolute atomic E-state index is 0.497. The first-order valence-electron chi connectivity index (χ1n) is 5.09. The van der Waals surface area contributed by atoms with Crippen molar-refractivity contribution < 1.29 is 9.53 Å². The predicted octanol–water partition coefficient (Wildman–Crippen LogP) is 3.02. The third-order valence-electron chi connectivity index (χ3n) is 1.71. The molecule has 0 aliphatic heterocycles. The summed E-state index contributed by atoms with van der Waals surface area (Å²) in [5.41, 5.74) is 0.977. The van der Waals surface area contributed by atoms with Crippen LogP contribution in [0.3, 0.4) is 0 Å². The van der Waals surface area contributed by atoms with E-state index < -0.39 is 11.7 Å². The third-order valence-corrected chi connectivity index (χ3v) is 1.71. The molecule has 4 heteroatoms. The van der Waals surface area contributed by atoms with Crippen LogP contribution in [-0.2, 0) is 4.74 Å². The van der Waals surface area contributed by atoms with Crippen LogP contribution in [0.15, 0.2) is 28.5 Å². The highest BCUT2D eigenvalue weighted by Crippen LogP contribution is 2.10. The Kier molecular flexibility index (Phi) is 5.50. The first-order valence-corrected chi connectivity index (χ1v) is 5.09. The maximum Gasteiger partial charge on any atom is 0.412 e. The van der Waals surface area contributed by atoms with Gasteiger partial charge in [-0.05, 0) is 46.9 Å². The number of rotatable bonds is 3. The highest BCUT2D eigenvalue weighted by atomic mass is 16.6. The van der Waals surface area contributed by atoms with E-state index in [1.807, 2.05) is 40.7 Å². The van der Waals surface area contributed by atoms with Crippen LogP contribution in [0.2, 0.25) is 0 Å². The molecular weight excluding hydrogens is 204 g/mol. The van der Waals surface area contributed by atoms with Gasteiger partial charge in [0.2, 0.25) is 0 Å². The first-order chi connectivity index (χ1) is 7.30. The molecule has 0 aromatic rings. The van der Waals surface area contributed by atoms with Crippen LogP contribution in [0, 0.1) is 0 Å². The van der Waals surface area contributed by atoms with Crippen molar-refractivity contribution in [3.63, 3.8) is 0 Å². The molecule has 0 saturated carbocycles. The summed E-state index contributed by atoms with van der Waals surface area (Å²) in [5, 5.41) is 2.62. The summed E-state index contributed by atoms with van der Waals surface area (Å²) in [6, 6.07) is 0. The summed E-state index contributed by atoms with van der Waals surface area (Å²) >= 11 is 0. The first kappa shape index (κ1) is 14.4. The number of hydrogen-bond donors (Lipinski definition) is 1. The highest BCUT2D eigenvalue weighted by molar-refractivity contribution is 5.71. The zero-order valence-electron chi connectivity index (χ0n) is 10.6. The van der Waals surface area contributed by atoms with Gasteiger partial charge in [-0.15, -0.1) is 0 Å². The van der Waals surface area contributed by atoms with Crippen LogP contribution in [-0.4, -0.2) is 18.4 Å². The molecule has 0 atom stereocenters. The molecule has 0 bridgehead atoms. The molecular formula is C12H20N2O2. The van der Waals surface area contributed by atoms with E-state index in [4.69, 9.17) is 4.74 Å². The number of alkyl carbamates (subject to hydrolysis) is 1. The second-order valence-corrected chi connectivity index (χ2v) is 4.32. The lowest BCUT2D eigenvalue weighted by atomic mass is 10.2. The number of hydrogen-bond acceptors (Lipinski definition) is 3. The molecule has 0 spiro atoms. The topological polar surface area (TPSA) is 50.7 Å². The molecule has 16 heavy (non-hydrogen) atoms. The lowest BCUT2D eigenvalue weighted by Gasteiger charge is -2.20. The molecule has 1 amide bonds. The largest absolute Gasteiger partial charge is 0.444 e. The fraction of sp³-hybridized carbons (Fsp3) is 0.500.